The van der Waals surface area contributed by atoms with E-state index in [0.29, 0.717) is 24.1 Å². The lowest BCUT2D eigenvalue weighted by atomic mass is 9.87. The Morgan fingerprint density at radius 3 is 2.70 bits per heavy atom. The Balaban J connectivity index is 1.49. The van der Waals surface area contributed by atoms with Crippen LogP contribution in [0.5, 0.6) is 5.75 Å². The van der Waals surface area contributed by atoms with Crippen LogP contribution in [-0.2, 0) is 11.2 Å². The van der Waals surface area contributed by atoms with Gasteiger partial charge in [0.15, 0.2) is 11.9 Å². The molecule has 0 saturated heterocycles. The molecule has 5 rings (SSSR count). The van der Waals surface area contributed by atoms with Crippen molar-refractivity contribution in [2.24, 2.45) is 0 Å². The van der Waals surface area contributed by atoms with Gasteiger partial charge in [0.2, 0.25) is 0 Å². The van der Waals surface area contributed by atoms with Crippen LogP contribution in [0.15, 0.2) is 65.3 Å². The highest BCUT2D eigenvalue weighted by Crippen LogP contribution is 2.38. The van der Waals surface area contributed by atoms with E-state index in [1.54, 1.807) is 19.1 Å². The monoisotopic (exact) mass is 444 g/mol. The Kier molecular flexibility index (Phi) is 5.67. The number of amides is 2. The summed E-state index contributed by atoms with van der Waals surface area (Å²) in [6.45, 7) is 4.40. The van der Waals surface area contributed by atoms with E-state index in [1.165, 1.54) is 11.8 Å². The van der Waals surface area contributed by atoms with Gasteiger partial charge in [0.25, 0.3) is 11.8 Å². The molecule has 1 fully saturated rings. The molecule has 170 valence electrons. The van der Waals surface area contributed by atoms with Crippen molar-refractivity contribution in [2.45, 2.75) is 51.3 Å². The van der Waals surface area contributed by atoms with Crippen molar-refractivity contribution in [1.82, 2.24) is 10.2 Å². The third-order valence-corrected chi connectivity index (χ3v) is 6.30. The fraction of sp³-hybridized carbons (Fsp3) is 0.333. The molecular weight excluding hydrogens is 416 g/mol. The molecule has 1 aliphatic heterocycles. The number of nitrogens with one attached hydrogen (secondary N) is 1. The molecule has 1 aliphatic carbocycles. The number of hydrogen-bond donors (Lipinski definition) is 1. The lowest BCUT2D eigenvalue weighted by Crippen LogP contribution is -2.40. The SMILES string of the molecule is Cc1cccc(C2c3cc(OC(C)C(=O)NC4CC4)ccc3CCN2C(=O)c2ccco2)c1. The summed E-state index contributed by atoms with van der Waals surface area (Å²) in [4.78, 5) is 27.6. The summed E-state index contributed by atoms with van der Waals surface area (Å²) < 4.78 is 11.4. The second kappa shape index (κ2) is 8.77. The molecule has 2 amide bonds. The molecule has 1 N–H and O–H groups in total. The molecule has 0 spiro atoms. The number of carbonyl (C=O) groups is 2. The van der Waals surface area contributed by atoms with E-state index in [4.69, 9.17) is 9.15 Å². The summed E-state index contributed by atoms with van der Waals surface area (Å²) in [7, 11) is 0. The number of rotatable bonds is 6. The van der Waals surface area contributed by atoms with Crippen LogP contribution in [-0.4, -0.2) is 35.4 Å². The van der Waals surface area contributed by atoms with Crippen molar-refractivity contribution >= 4 is 11.8 Å². The second-order valence-electron chi connectivity index (χ2n) is 8.95. The number of aryl methyl sites for hydroxylation is 1. The van der Waals surface area contributed by atoms with Crippen LogP contribution in [0.25, 0.3) is 0 Å². The zero-order chi connectivity index (χ0) is 22.9. The summed E-state index contributed by atoms with van der Waals surface area (Å²) in [6, 6.07) is 17.6. The predicted octanol–water partition coefficient (Wildman–Crippen LogP) is 4.42. The quantitative estimate of drug-likeness (QED) is 0.611. The van der Waals surface area contributed by atoms with E-state index in [-0.39, 0.29) is 17.9 Å². The molecule has 2 aliphatic rings. The molecule has 33 heavy (non-hydrogen) atoms. The molecule has 2 heterocycles. The van der Waals surface area contributed by atoms with Crippen molar-refractivity contribution < 1.29 is 18.7 Å². The summed E-state index contributed by atoms with van der Waals surface area (Å²) in [5.74, 6) is 0.715. The average molecular weight is 445 g/mol. The van der Waals surface area contributed by atoms with Crippen LogP contribution < -0.4 is 10.1 Å². The van der Waals surface area contributed by atoms with Gasteiger partial charge >= 0.3 is 0 Å². The molecule has 1 aromatic heterocycles. The van der Waals surface area contributed by atoms with Crippen molar-refractivity contribution in [1.29, 1.82) is 0 Å². The third-order valence-electron chi connectivity index (χ3n) is 6.30. The minimum absolute atomic E-state index is 0.0971. The zero-order valence-corrected chi connectivity index (χ0v) is 18.9. The summed E-state index contributed by atoms with van der Waals surface area (Å²) >= 11 is 0. The Morgan fingerprint density at radius 1 is 1.12 bits per heavy atom. The smallest absolute Gasteiger partial charge is 0.290 e. The van der Waals surface area contributed by atoms with Crippen LogP contribution >= 0.6 is 0 Å². The first kappa shape index (κ1) is 21.3. The van der Waals surface area contributed by atoms with E-state index in [2.05, 4.69) is 17.4 Å². The first-order valence-electron chi connectivity index (χ1n) is 11.5. The van der Waals surface area contributed by atoms with Gasteiger partial charge in [0, 0.05) is 12.6 Å². The lowest BCUT2D eigenvalue weighted by molar-refractivity contribution is -0.127. The summed E-state index contributed by atoms with van der Waals surface area (Å²) in [5, 5.41) is 2.99. The molecule has 6 nitrogen and oxygen atoms in total. The molecular formula is C27H28N2O4. The van der Waals surface area contributed by atoms with Gasteiger partial charge in [-0.3, -0.25) is 9.59 Å². The van der Waals surface area contributed by atoms with Gasteiger partial charge in [-0.2, -0.15) is 0 Å². The number of benzene rings is 2. The molecule has 2 unspecified atom stereocenters. The molecule has 0 radical (unpaired) electrons. The minimum Gasteiger partial charge on any atom is -0.481 e. The molecule has 1 saturated carbocycles. The van der Waals surface area contributed by atoms with Gasteiger partial charge in [-0.05, 0) is 74.1 Å². The standard InChI is InChI=1S/C27H28N2O4/c1-17-5-3-6-20(15-17)25-23-16-22(33-18(2)26(30)28-21-9-10-21)11-8-19(23)12-13-29(25)27(31)24-7-4-14-32-24/h3-8,11,14-16,18,21,25H,9-10,12-13H2,1-2H3,(H,28,30). The first-order chi connectivity index (χ1) is 16.0. The summed E-state index contributed by atoms with van der Waals surface area (Å²) in [6.07, 6.45) is 3.74. The van der Waals surface area contributed by atoms with Crippen molar-refractivity contribution in [3.8, 4) is 5.75 Å². The normalized spacial score (nSPS) is 18.4. The maximum Gasteiger partial charge on any atom is 0.290 e. The highest BCUT2D eigenvalue weighted by molar-refractivity contribution is 5.92. The van der Waals surface area contributed by atoms with Gasteiger partial charge in [0.1, 0.15) is 5.75 Å². The van der Waals surface area contributed by atoms with E-state index >= 15 is 0 Å². The van der Waals surface area contributed by atoms with Crippen molar-refractivity contribution in [2.75, 3.05) is 6.54 Å². The van der Waals surface area contributed by atoms with Gasteiger partial charge < -0.3 is 19.4 Å². The number of furan rings is 1. The largest absolute Gasteiger partial charge is 0.481 e. The highest BCUT2D eigenvalue weighted by atomic mass is 16.5. The van der Waals surface area contributed by atoms with Crippen LogP contribution in [0.1, 0.15) is 58.6 Å². The third kappa shape index (κ3) is 4.51. The van der Waals surface area contributed by atoms with E-state index in [0.717, 1.165) is 36.0 Å². The van der Waals surface area contributed by atoms with Crippen LogP contribution in [0, 0.1) is 6.92 Å². The Hall–Kier alpha value is -3.54. The number of carbonyl (C=O) groups excluding carboxylic acids is 2. The molecule has 2 aromatic carbocycles. The number of nitrogens with zero attached hydrogens (tertiary/aromatic N) is 1. The van der Waals surface area contributed by atoms with E-state index < -0.39 is 6.10 Å². The molecule has 3 aromatic rings. The number of fused-ring (bicyclic) bond motifs is 1. The van der Waals surface area contributed by atoms with Gasteiger partial charge in [-0.25, -0.2) is 0 Å². The van der Waals surface area contributed by atoms with Crippen molar-refractivity contribution in [3.63, 3.8) is 0 Å². The first-order valence-corrected chi connectivity index (χ1v) is 11.5. The van der Waals surface area contributed by atoms with E-state index in [1.807, 2.05) is 42.2 Å². The van der Waals surface area contributed by atoms with Crippen LogP contribution in [0.2, 0.25) is 0 Å². The lowest BCUT2D eigenvalue weighted by Gasteiger charge is -2.37. The number of ether oxygens (including phenoxy) is 1. The Labute approximate surface area is 193 Å². The summed E-state index contributed by atoms with van der Waals surface area (Å²) in [5.41, 5.74) is 4.35. The second-order valence-corrected chi connectivity index (χ2v) is 8.95. The predicted molar refractivity (Wildman–Crippen MR) is 124 cm³/mol. The molecule has 6 heteroatoms. The maximum atomic E-state index is 13.3. The molecule has 0 bridgehead atoms. The highest BCUT2D eigenvalue weighted by Gasteiger charge is 2.34. The fourth-order valence-electron chi connectivity index (χ4n) is 4.43. The molecule has 2 atom stereocenters. The van der Waals surface area contributed by atoms with Crippen LogP contribution in [0.3, 0.4) is 0 Å². The van der Waals surface area contributed by atoms with Crippen molar-refractivity contribution in [3.05, 3.63) is 88.9 Å². The van der Waals surface area contributed by atoms with Crippen LogP contribution in [0.4, 0.5) is 0 Å². The zero-order valence-electron chi connectivity index (χ0n) is 18.9. The topological polar surface area (TPSA) is 71.8 Å². The number of hydrogen-bond acceptors (Lipinski definition) is 4. The van der Waals surface area contributed by atoms with Gasteiger partial charge in [-0.1, -0.05) is 35.9 Å². The Morgan fingerprint density at radius 2 is 1.97 bits per heavy atom. The van der Waals surface area contributed by atoms with Gasteiger partial charge in [0.05, 0.1) is 12.3 Å². The minimum atomic E-state index is -0.592. The average Bonchev–Trinajstić information content (AvgIpc) is 3.45. The fourth-order valence-corrected chi connectivity index (χ4v) is 4.43. The Bertz CT molecular complexity index is 1170. The maximum absolute atomic E-state index is 13.3. The van der Waals surface area contributed by atoms with E-state index in [9.17, 15) is 9.59 Å². The van der Waals surface area contributed by atoms with Gasteiger partial charge in [-0.15, -0.1) is 0 Å².